The van der Waals surface area contributed by atoms with Crippen LogP contribution in [0.2, 0.25) is 5.02 Å². The number of carbonyl (C=O) groups is 1. The van der Waals surface area contributed by atoms with Crippen molar-refractivity contribution in [3.05, 3.63) is 58.6 Å². The summed E-state index contributed by atoms with van der Waals surface area (Å²) in [6, 6.07) is 13.1. The number of hydrogen-bond acceptors (Lipinski definition) is 5. The normalized spacial score (nSPS) is 20.3. The van der Waals surface area contributed by atoms with Gasteiger partial charge in [0.25, 0.3) is 0 Å². The molecule has 224 valence electrons. The number of aliphatic imine (C=N–C) groups is 1. The van der Waals surface area contributed by atoms with Gasteiger partial charge in [0.05, 0.1) is 17.6 Å². The minimum Gasteiger partial charge on any atom is -0.506 e. The summed E-state index contributed by atoms with van der Waals surface area (Å²) < 4.78 is 0. The maximum atomic E-state index is 13.1. The first-order valence-electron chi connectivity index (χ1n) is 14.9. The Morgan fingerprint density at radius 2 is 1.88 bits per heavy atom. The van der Waals surface area contributed by atoms with E-state index in [0.717, 1.165) is 80.3 Å². The van der Waals surface area contributed by atoms with Gasteiger partial charge in [-0.1, -0.05) is 70.7 Å². The number of amides is 1. The standard InChI is InChI=1S/C33H48ClN5O2/c1-6-7-8-9-29(24-10-13-27(14-11-24)37-21-31(35)36)39(22-40)33(18-16-26(17-19-33)32(3,4)5)38-23(2)25-12-15-30(41)28(34)20-25/h10-15,20,22,26,29,37,41H,6-9,16-19,21H2,1-5H3,(H3,35,36)/b38-23+. The highest BCUT2D eigenvalue weighted by atomic mass is 35.5. The van der Waals surface area contributed by atoms with Crippen LogP contribution in [0.25, 0.3) is 0 Å². The molecule has 0 radical (unpaired) electrons. The monoisotopic (exact) mass is 581 g/mol. The molecule has 1 atom stereocenters. The molecular formula is C33H48ClN5O2. The largest absolute Gasteiger partial charge is 0.506 e. The number of phenolic OH excluding ortho intramolecular Hbond substituents is 1. The van der Waals surface area contributed by atoms with Gasteiger partial charge < -0.3 is 21.1 Å². The van der Waals surface area contributed by atoms with E-state index >= 15 is 0 Å². The molecule has 1 aliphatic carbocycles. The van der Waals surface area contributed by atoms with Gasteiger partial charge in [0, 0.05) is 11.4 Å². The molecule has 1 unspecified atom stereocenters. The van der Waals surface area contributed by atoms with Crippen LogP contribution in [0.4, 0.5) is 5.69 Å². The molecule has 1 aliphatic rings. The molecular weight excluding hydrogens is 534 g/mol. The summed E-state index contributed by atoms with van der Waals surface area (Å²) in [6.07, 6.45) is 8.57. The fraction of sp³-hybridized carbons (Fsp3) is 0.545. The zero-order valence-electron chi connectivity index (χ0n) is 25.3. The highest BCUT2D eigenvalue weighted by molar-refractivity contribution is 6.32. The molecule has 0 heterocycles. The molecule has 0 aliphatic heterocycles. The van der Waals surface area contributed by atoms with E-state index in [1.165, 1.54) is 0 Å². The molecule has 0 saturated heterocycles. The van der Waals surface area contributed by atoms with Gasteiger partial charge in [0.1, 0.15) is 17.2 Å². The molecule has 2 aromatic carbocycles. The van der Waals surface area contributed by atoms with Crippen LogP contribution in [0.3, 0.4) is 0 Å². The summed E-state index contributed by atoms with van der Waals surface area (Å²) >= 11 is 6.25. The van der Waals surface area contributed by atoms with E-state index < -0.39 is 5.66 Å². The Balaban J connectivity index is 2.06. The van der Waals surface area contributed by atoms with Crippen LogP contribution in [-0.2, 0) is 4.79 Å². The number of hydrogen-bond donors (Lipinski definition) is 4. The Labute approximate surface area is 251 Å². The van der Waals surface area contributed by atoms with Crippen LogP contribution in [0, 0.1) is 16.7 Å². The fourth-order valence-corrected chi connectivity index (χ4v) is 6.20. The second-order valence-electron chi connectivity index (χ2n) is 12.5. The lowest BCUT2D eigenvalue weighted by atomic mass is 9.69. The summed E-state index contributed by atoms with van der Waals surface area (Å²) in [6.45, 7) is 11.3. The lowest BCUT2D eigenvalue weighted by molar-refractivity contribution is -0.130. The van der Waals surface area contributed by atoms with Crippen molar-refractivity contribution in [3.8, 4) is 5.75 Å². The molecule has 2 aromatic rings. The predicted octanol–water partition coefficient (Wildman–Crippen LogP) is 7.92. The lowest BCUT2D eigenvalue weighted by Crippen LogP contribution is -2.52. The van der Waals surface area contributed by atoms with Gasteiger partial charge in [-0.3, -0.25) is 15.2 Å². The van der Waals surface area contributed by atoms with Gasteiger partial charge in [-0.05, 0) is 91.8 Å². The SMILES string of the molecule is CCCCCC(c1ccc(NCC(=N)N)cc1)N(C=O)C1(/N=C(\C)c2ccc(O)c(Cl)c2)CCC(C(C)(C)C)CC1. The summed E-state index contributed by atoms with van der Waals surface area (Å²) in [5.74, 6) is 0.665. The van der Waals surface area contributed by atoms with Crippen molar-refractivity contribution in [2.24, 2.45) is 22.1 Å². The number of nitrogens with zero attached hydrogens (tertiary/aromatic N) is 2. The number of amidine groups is 1. The fourth-order valence-electron chi connectivity index (χ4n) is 6.02. The van der Waals surface area contributed by atoms with E-state index in [0.29, 0.717) is 5.92 Å². The van der Waals surface area contributed by atoms with Crippen LogP contribution < -0.4 is 11.1 Å². The first-order chi connectivity index (χ1) is 19.4. The molecule has 0 spiro atoms. The van der Waals surface area contributed by atoms with Crippen LogP contribution >= 0.6 is 11.6 Å². The Morgan fingerprint density at radius 1 is 1.22 bits per heavy atom. The van der Waals surface area contributed by atoms with Gasteiger partial charge in [-0.2, -0.15) is 0 Å². The number of benzene rings is 2. The number of aromatic hydroxyl groups is 1. The van der Waals surface area contributed by atoms with Crippen molar-refractivity contribution < 1.29 is 9.90 Å². The molecule has 5 N–H and O–H groups in total. The number of rotatable bonds is 13. The number of nitrogens with two attached hydrogens (primary N) is 1. The molecule has 8 heteroatoms. The first-order valence-corrected chi connectivity index (χ1v) is 15.2. The van der Waals surface area contributed by atoms with Crippen LogP contribution in [0.15, 0.2) is 47.5 Å². The zero-order valence-corrected chi connectivity index (χ0v) is 26.1. The molecule has 0 bridgehead atoms. The molecule has 7 nitrogen and oxygen atoms in total. The second-order valence-corrected chi connectivity index (χ2v) is 12.9. The number of carbonyl (C=O) groups excluding carboxylic acids is 1. The number of unbranched alkanes of at least 4 members (excludes halogenated alkanes) is 2. The third-order valence-electron chi connectivity index (χ3n) is 8.54. The first kappa shape index (κ1) is 32.5. The van der Waals surface area contributed by atoms with E-state index in [1.54, 1.807) is 12.1 Å². The average molecular weight is 582 g/mol. The molecule has 41 heavy (non-hydrogen) atoms. The Bertz CT molecular complexity index is 1200. The van der Waals surface area contributed by atoms with Crippen molar-refractivity contribution in [1.29, 1.82) is 5.41 Å². The van der Waals surface area contributed by atoms with Gasteiger partial charge in [-0.15, -0.1) is 0 Å². The van der Waals surface area contributed by atoms with Crippen molar-refractivity contribution in [3.63, 3.8) is 0 Å². The third-order valence-corrected chi connectivity index (χ3v) is 8.84. The van der Waals surface area contributed by atoms with Crippen molar-refractivity contribution >= 4 is 35.2 Å². The summed E-state index contributed by atoms with van der Waals surface area (Å²) in [5, 5.41) is 20.9. The minimum atomic E-state index is -0.694. The van der Waals surface area contributed by atoms with Crippen LogP contribution in [-0.4, -0.2) is 40.2 Å². The Hall–Kier alpha value is -3.06. The summed E-state index contributed by atoms with van der Waals surface area (Å²) in [7, 11) is 0. The van der Waals surface area contributed by atoms with Crippen molar-refractivity contribution in [1.82, 2.24) is 4.90 Å². The predicted molar refractivity (Wildman–Crippen MR) is 171 cm³/mol. The maximum absolute atomic E-state index is 13.1. The highest BCUT2D eigenvalue weighted by Crippen LogP contribution is 2.47. The van der Waals surface area contributed by atoms with Gasteiger partial charge in [-0.25, -0.2) is 0 Å². The summed E-state index contributed by atoms with van der Waals surface area (Å²) in [4.78, 5) is 20.5. The van der Waals surface area contributed by atoms with E-state index in [-0.39, 0.29) is 34.6 Å². The quantitative estimate of drug-likeness (QED) is 0.0832. The number of halogens is 1. The third kappa shape index (κ3) is 8.48. The highest BCUT2D eigenvalue weighted by Gasteiger charge is 2.45. The van der Waals surface area contributed by atoms with Crippen molar-refractivity contribution in [2.45, 2.75) is 97.7 Å². The number of phenols is 1. The van der Waals surface area contributed by atoms with Crippen LogP contribution in [0.1, 0.15) is 103 Å². The van der Waals surface area contributed by atoms with Gasteiger partial charge in [0.15, 0.2) is 0 Å². The van der Waals surface area contributed by atoms with E-state index in [4.69, 9.17) is 27.7 Å². The minimum absolute atomic E-state index is 0.0374. The zero-order chi connectivity index (χ0) is 30.2. The van der Waals surface area contributed by atoms with Gasteiger partial charge in [0.2, 0.25) is 6.41 Å². The maximum Gasteiger partial charge on any atom is 0.212 e. The molecule has 0 aromatic heterocycles. The van der Waals surface area contributed by atoms with E-state index in [9.17, 15) is 9.90 Å². The summed E-state index contributed by atoms with van der Waals surface area (Å²) in [5.41, 5.74) is 8.59. The Kier molecular flexibility index (Phi) is 11.3. The molecule has 1 fully saturated rings. The number of nitrogens with one attached hydrogen (secondary N) is 2. The van der Waals surface area contributed by atoms with E-state index in [1.807, 2.05) is 30.0 Å². The lowest BCUT2D eigenvalue weighted by Gasteiger charge is -2.49. The second kappa shape index (κ2) is 14.2. The average Bonchev–Trinajstić information content (AvgIpc) is 2.93. The van der Waals surface area contributed by atoms with Crippen molar-refractivity contribution in [2.75, 3.05) is 11.9 Å². The molecule has 1 amide bonds. The molecule has 1 saturated carbocycles. The van der Waals surface area contributed by atoms with E-state index in [2.05, 4.69) is 45.1 Å². The Morgan fingerprint density at radius 3 is 2.41 bits per heavy atom. The topological polar surface area (TPSA) is 115 Å². The van der Waals surface area contributed by atoms with Gasteiger partial charge >= 0.3 is 0 Å². The smallest absolute Gasteiger partial charge is 0.212 e. The number of anilines is 1. The molecule has 3 rings (SSSR count). The van der Waals surface area contributed by atoms with Crippen LogP contribution in [0.5, 0.6) is 5.75 Å².